The van der Waals surface area contributed by atoms with E-state index in [2.05, 4.69) is 9.71 Å². The molecule has 0 saturated carbocycles. The maximum absolute atomic E-state index is 14.1. The number of rotatable bonds is 4. The molecule has 0 radical (unpaired) electrons. The fraction of sp³-hybridized carbons (Fsp3) is 0.0667. The lowest BCUT2D eigenvalue weighted by Gasteiger charge is -2.08. The van der Waals surface area contributed by atoms with Gasteiger partial charge in [0.15, 0.2) is 5.78 Å². The van der Waals surface area contributed by atoms with Crippen molar-refractivity contribution in [1.82, 2.24) is 4.98 Å². The Morgan fingerprint density at radius 3 is 2.62 bits per heavy atom. The second-order valence-corrected chi connectivity index (χ2v) is 8.03. The topological polar surface area (TPSA) is 96.1 Å². The number of sulfonamides is 1. The molecule has 0 atom stereocenters. The molecular formula is C15H11FN2O4S2. The van der Waals surface area contributed by atoms with Crippen LogP contribution >= 0.6 is 11.3 Å². The summed E-state index contributed by atoms with van der Waals surface area (Å²) in [5.74, 6) is -1.05. The molecule has 3 aromatic rings. The molecule has 2 heterocycles. The monoisotopic (exact) mass is 366 g/mol. The number of carbonyl (C=O) groups excluding carboxylic acids is 1. The van der Waals surface area contributed by atoms with Crippen LogP contribution in [0.5, 0.6) is 0 Å². The number of halogens is 1. The molecular weight excluding hydrogens is 355 g/mol. The molecule has 24 heavy (non-hydrogen) atoms. The molecule has 9 heteroatoms. The largest absolute Gasteiger partial charge is 0.328 e. The van der Waals surface area contributed by atoms with Gasteiger partial charge in [0.05, 0.1) is 10.6 Å². The zero-order chi connectivity index (χ0) is 17.5. The Morgan fingerprint density at radius 2 is 1.96 bits per heavy atom. The number of Topliss-reactive ketones (excluding diaryl/α,β-unsaturated/α-hetero) is 1. The molecule has 0 saturated heterocycles. The summed E-state index contributed by atoms with van der Waals surface area (Å²) in [4.78, 5) is 25.3. The number of fused-ring (bicyclic) bond motifs is 1. The minimum Gasteiger partial charge on any atom is -0.328 e. The fourth-order valence-corrected chi connectivity index (χ4v) is 4.37. The van der Waals surface area contributed by atoms with E-state index in [1.54, 1.807) is 0 Å². The summed E-state index contributed by atoms with van der Waals surface area (Å²) in [7, 11) is -4.02. The van der Waals surface area contributed by atoms with E-state index in [4.69, 9.17) is 0 Å². The van der Waals surface area contributed by atoms with E-state index in [9.17, 15) is 22.4 Å². The highest BCUT2D eigenvalue weighted by Crippen LogP contribution is 2.27. The summed E-state index contributed by atoms with van der Waals surface area (Å²) < 4.78 is 40.9. The number of nitrogens with one attached hydrogen (secondary N) is 2. The van der Waals surface area contributed by atoms with E-state index >= 15 is 0 Å². The van der Waals surface area contributed by atoms with Crippen LogP contribution in [0.2, 0.25) is 0 Å². The number of H-pyrrole nitrogens is 1. The van der Waals surface area contributed by atoms with Gasteiger partial charge in [-0.1, -0.05) is 0 Å². The van der Waals surface area contributed by atoms with Gasteiger partial charge in [0, 0.05) is 17.6 Å². The van der Waals surface area contributed by atoms with Gasteiger partial charge in [-0.15, -0.1) is 11.3 Å². The van der Waals surface area contributed by atoms with Crippen LogP contribution in [0.25, 0.3) is 10.8 Å². The van der Waals surface area contributed by atoms with Gasteiger partial charge in [0.2, 0.25) is 5.56 Å². The summed E-state index contributed by atoms with van der Waals surface area (Å²) in [6, 6.07) is 6.29. The van der Waals surface area contributed by atoms with Crippen molar-refractivity contribution >= 4 is 43.6 Å². The van der Waals surface area contributed by atoms with Crippen LogP contribution in [0.3, 0.4) is 0 Å². The highest BCUT2D eigenvalue weighted by molar-refractivity contribution is 7.94. The van der Waals surface area contributed by atoms with Gasteiger partial charge in [-0.3, -0.25) is 14.3 Å². The lowest BCUT2D eigenvalue weighted by molar-refractivity contribution is 0.102. The van der Waals surface area contributed by atoms with Crippen LogP contribution in [-0.2, 0) is 10.0 Å². The van der Waals surface area contributed by atoms with Crippen molar-refractivity contribution in [3.8, 4) is 0 Å². The Bertz CT molecular complexity index is 1120. The molecule has 0 aliphatic heterocycles. The number of pyridine rings is 1. The van der Waals surface area contributed by atoms with Gasteiger partial charge in [0.25, 0.3) is 10.0 Å². The Balaban J connectivity index is 2.01. The lowest BCUT2D eigenvalue weighted by atomic mass is 10.1. The number of benzene rings is 1. The van der Waals surface area contributed by atoms with E-state index in [-0.39, 0.29) is 21.2 Å². The van der Waals surface area contributed by atoms with E-state index in [0.717, 1.165) is 17.4 Å². The van der Waals surface area contributed by atoms with Crippen LogP contribution in [-0.4, -0.2) is 19.2 Å². The first kappa shape index (κ1) is 16.3. The third-order valence-electron chi connectivity index (χ3n) is 3.27. The van der Waals surface area contributed by atoms with Crippen molar-refractivity contribution in [2.24, 2.45) is 0 Å². The van der Waals surface area contributed by atoms with Crippen LogP contribution in [0, 0.1) is 5.82 Å². The van der Waals surface area contributed by atoms with Crippen molar-refractivity contribution in [2.45, 2.75) is 11.1 Å². The van der Waals surface area contributed by atoms with Crippen LogP contribution in [0.1, 0.15) is 16.6 Å². The Kier molecular flexibility index (Phi) is 3.98. The number of aromatic amines is 1. The minimum atomic E-state index is -4.02. The van der Waals surface area contributed by atoms with Crippen LogP contribution in [0.15, 0.2) is 45.5 Å². The normalized spacial score (nSPS) is 11.6. The van der Waals surface area contributed by atoms with E-state index in [1.807, 2.05) is 0 Å². The third kappa shape index (κ3) is 3.08. The second kappa shape index (κ2) is 5.84. The second-order valence-electron chi connectivity index (χ2n) is 5.04. The van der Waals surface area contributed by atoms with Crippen LogP contribution < -0.4 is 10.3 Å². The summed E-state index contributed by atoms with van der Waals surface area (Å²) in [6.45, 7) is 1.33. The standard InChI is InChI=1S/C15H11FN2O4S2/c1-8(19)13-2-3-15(23-13)24(21,22)18-12-5-10-7-17-14(20)6-9(10)4-11(12)16/h2-7,18H,1H3,(H,17,20). The van der Waals surface area contributed by atoms with E-state index in [0.29, 0.717) is 15.6 Å². The molecule has 0 aliphatic carbocycles. The van der Waals surface area contributed by atoms with Gasteiger partial charge in [-0.05, 0) is 36.6 Å². The molecule has 1 aromatic carbocycles. The summed E-state index contributed by atoms with van der Waals surface area (Å²) in [5.41, 5.74) is -0.627. The Labute approximate surface area is 140 Å². The number of hydrogen-bond donors (Lipinski definition) is 2. The molecule has 0 spiro atoms. The molecule has 0 fully saturated rings. The molecule has 2 aromatic heterocycles. The highest BCUT2D eigenvalue weighted by atomic mass is 32.2. The first-order valence-electron chi connectivity index (χ1n) is 6.72. The van der Waals surface area contributed by atoms with Crippen molar-refractivity contribution in [3.63, 3.8) is 0 Å². The van der Waals surface area contributed by atoms with Crippen molar-refractivity contribution in [1.29, 1.82) is 0 Å². The maximum atomic E-state index is 14.1. The fourth-order valence-electron chi connectivity index (χ4n) is 2.11. The predicted octanol–water partition coefficient (Wildman–Crippen LogP) is 2.73. The first-order valence-corrected chi connectivity index (χ1v) is 9.02. The molecule has 3 rings (SSSR count). The molecule has 6 nitrogen and oxygen atoms in total. The smallest absolute Gasteiger partial charge is 0.271 e. The third-order valence-corrected chi connectivity index (χ3v) is 6.31. The Morgan fingerprint density at radius 1 is 1.21 bits per heavy atom. The summed E-state index contributed by atoms with van der Waals surface area (Å²) in [6.07, 6.45) is 1.37. The highest BCUT2D eigenvalue weighted by Gasteiger charge is 2.20. The summed E-state index contributed by atoms with van der Waals surface area (Å²) in [5, 5.41) is 0.832. The minimum absolute atomic E-state index is 0.0892. The zero-order valence-corrected chi connectivity index (χ0v) is 13.9. The van der Waals surface area contributed by atoms with E-state index in [1.165, 1.54) is 37.4 Å². The summed E-state index contributed by atoms with van der Waals surface area (Å²) >= 11 is 0.809. The van der Waals surface area contributed by atoms with Gasteiger partial charge >= 0.3 is 0 Å². The molecule has 0 bridgehead atoms. The lowest BCUT2D eigenvalue weighted by Crippen LogP contribution is -2.13. The number of carbonyl (C=O) groups is 1. The van der Waals surface area contributed by atoms with Crippen molar-refractivity contribution < 1.29 is 17.6 Å². The first-order chi connectivity index (χ1) is 11.3. The number of aromatic nitrogens is 1. The van der Waals surface area contributed by atoms with Crippen molar-refractivity contribution in [3.05, 3.63) is 57.6 Å². The van der Waals surface area contributed by atoms with Gasteiger partial charge in [0.1, 0.15) is 10.0 Å². The number of ketones is 1. The number of hydrogen-bond acceptors (Lipinski definition) is 5. The van der Waals surface area contributed by atoms with E-state index < -0.39 is 15.8 Å². The number of thiophene rings is 1. The van der Waals surface area contributed by atoms with Gasteiger partial charge < -0.3 is 4.98 Å². The Hall–Kier alpha value is -2.52. The molecule has 0 aliphatic rings. The quantitative estimate of drug-likeness (QED) is 0.694. The van der Waals surface area contributed by atoms with Gasteiger partial charge in [-0.2, -0.15) is 0 Å². The van der Waals surface area contributed by atoms with Crippen LogP contribution in [0.4, 0.5) is 10.1 Å². The average molecular weight is 366 g/mol. The van der Waals surface area contributed by atoms with Gasteiger partial charge in [-0.25, -0.2) is 12.8 Å². The average Bonchev–Trinajstić information content (AvgIpc) is 2.99. The molecule has 124 valence electrons. The van der Waals surface area contributed by atoms with Crippen molar-refractivity contribution in [2.75, 3.05) is 4.72 Å². The maximum Gasteiger partial charge on any atom is 0.271 e. The SMILES string of the molecule is CC(=O)c1ccc(S(=O)(=O)Nc2cc3c[nH]c(=O)cc3cc2F)s1. The zero-order valence-electron chi connectivity index (χ0n) is 12.3. The molecule has 0 unspecified atom stereocenters. The number of anilines is 1. The molecule has 0 amide bonds. The molecule has 2 N–H and O–H groups in total. The predicted molar refractivity (Wildman–Crippen MR) is 89.7 cm³/mol.